The van der Waals surface area contributed by atoms with Crippen LogP contribution in [0.15, 0.2) is 24.3 Å². The predicted molar refractivity (Wildman–Crippen MR) is 69.0 cm³/mol. The van der Waals surface area contributed by atoms with Crippen LogP contribution in [0, 0.1) is 11.8 Å². The molecule has 1 aromatic rings. The Labute approximate surface area is 103 Å². The Balaban J connectivity index is 1.45. The van der Waals surface area contributed by atoms with Gasteiger partial charge < -0.3 is 10.4 Å². The van der Waals surface area contributed by atoms with Crippen LogP contribution in [-0.2, 0) is 6.42 Å². The third kappa shape index (κ3) is 3.01. The third-order valence-corrected chi connectivity index (χ3v) is 3.99. The van der Waals surface area contributed by atoms with Crippen LogP contribution < -0.4 is 5.32 Å². The van der Waals surface area contributed by atoms with E-state index in [0.29, 0.717) is 5.75 Å². The van der Waals surface area contributed by atoms with Crippen molar-refractivity contribution in [2.24, 2.45) is 11.8 Å². The molecule has 0 saturated heterocycles. The van der Waals surface area contributed by atoms with Gasteiger partial charge in [-0.25, -0.2) is 0 Å². The van der Waals surface area contributed by atoms with Gasteiger partial charge in [0, 0.05) is 6.04 Å². The second kappa shape index (κ2) is 4.69. The predicted octanol–water partition coefficient (Wildman–Crippen LogP) is 2.71. The van der Waals surface area contributed by atoms with Crippen molar-refractivity contribution in [3.8, 4) is 5.75 Å². The Bertz CT molecular complexity index is 353. The molecule has 2 N–H and O–H groups in total. The van der Waals surface area contributed by atoms with E-state index in [1.807, 2.05) is 12.1 Å². The van der Waals surface area contributed by atoms with E-state index < -0.39 is 0 Å². The summed E-state index contributed by atoms with van der Waals surface area (Å²) in [6.07, 6.45) is 6.82. The minimum atomic E-state index is 0.357. The van der Waals surface area contributed by atoms with Crippen molar-refractivity contribution in [2.45, 2.75) is 38.1 Å². The molecule has 2 heteroatoms. The summed E-state index contributed by atoms with van der Waals surface area (Å²) in [5.74, 6) is 2.31. The van der Waals surface area contributed by atoms with Crippen molar-refractivity contribution in [3.05, 3.63) is 29.8 Å². The molecule has 2 aliphatic carbocycles. The molecule has 0 unspecified atom stereocenters. The van der Waals surface area contributed by atoms with Gasteiger partial charge in [0.2, 0.25) is 0 Å². The molecule has 92 valence electrons. The number of hydrogen-bond acceptors (Lipinski definition) is 2. The first-order chi connectivity index (χ1) is 8.33. The van der Waals surface area contributed by atoms with Crippen LogP contribution in [0.2, 0.25) is 0 Å². The summed E-state index contributed by atoms with van der Waals surface area (Å²) >= 11 is 0. The maximum absolute atomic E-state index is 9.22. The fourth-order valence-corrected chi connectivity index (χ4v) is 2.67. The van der Waals surface area contributed by atoms with E-state index in [2.05, 4.69) is 5.32 Å². The molecule has 0 aliphatic heterocycles. The van der Waals surface area contributed by atoms with E-state index >= 15 is 0 Å². The first-order valence-corrected chi connectivity index (χ1v) is 6.84. The zero-order valence-corrected chi connectivity index (χ0v) is 10.2. The molecule has 17 heavy (non-hydrogen) atoms. The van der Waals surface area contributed by atoms with Gasteiger partial charge in [-0.1, -0.05) is 12.1 Å². The maximum Gasteiger partial charge on any atom is 0.115 e. The second-order valence-corrected chi connectivity index (χ2v) is 5.57. The van der Waals surface area contributed by atoms with Crippen LogP contribution in [-0.4, -0.2) is 17.7 Å². The molecule has 2 fully saturated rings. The summed E-state index contributed by atoms with van der Waals surface area (Å²) in [4.78, 5) is 0. The maximum atomic E-state index is 9.22. The van der Waals surface area contributed by atoms with Gasteiger partial charge in [-0.2, -0.15) is 0 Å². The van der Waals surface area contributed by atoms with Crippen molar-refractivity contribution in [1.29, 1.82) is 0 Å². The molecule has 0 heterocycles. The summed E-state index contributed by atoms with van der Waals surface area (Å²) in [6.45, 7) is 1.07. The van der Waals surface area contributed by atoms with Crippen molar-refractivity contribution in [1.82, 2.24) is 5.32 Å². The molecule has 0 aromatic heterocycles. The largest absolute Gasteiger partial charge is 0.508 e. The average molecular weight is 231 g/mol. The normalized spacial score (nSPS) is 19.8. The average Bonchev–Trinajstić information content (AvgIpc) is 3.19. The van der Waals surface area contributed by atoms with Crippen LogP contribution in [0.1, 0.15) is 31.2 Å². The highest BCUT2D eigenvalue weighted by molar-refractivity contribution is 5.26. The van der Waals surface area contributed by atoms with Crippen molar-refractivity contribution in [3.63, 3.8) is 0 Å². The Morgan fingerprint density at radius 1 is 1.06 bits per heavy atom. The van der Waals surface area contributed by atoms with Crippen LogP contribution in [0.4, 0.5) is 0 Å². The molecule has 1 aromatic carbocycles. The highest BCUT2D eigenvalue weighted by Crippen LogP contribution is 2.44. The molecular formula is C15H21NO. The monoisotopic (exact) mass is 231 g/mol. The second-order valence-electron chi connectivity index (χ2n) is 5.57. The summed E-state index contributed by atoms with van der Waals surface area (Å²) in [7, 11) is 0. The van der Waals surface area contributed by atoms with Gasteiger partial charge in [-0.3, -0.25) is 0 Å². The molecule has 2 saturated carbocycles. The first kappa shape index (κ1) is 11.1. The topological polar surface area (TPSA) is 32.3 Å². The van der Waals surface area contributed by atoms with Crippen LogP contribution in [0.25, 0.3) is 0 Å². The summed E-state index contributed by atoms with van der Waals surface area (Å²) < 4.78 is 0. The van der Waals surface area contributed by atoms with Gasteiger partial charge in [-0.05, 0) is 68.2 Å². The lowest BCUT2D eigenvalue weighted by atomic mass is 10.1. The van der Waals surface area contributed by atoms with Gasteiger partial charge in [0.25, 0.3) is 0 Å². The van der Waals surface area contributed by atoms with E-state index in [1.165, 1.54) is 31.2 Å². The Kier molecular flexibility index (Phi) is 3.06. The highest BCUT2D eigenvalue weighted by Gasteiger charge is 2.40. The first-order valence-electron chi connectivity index (χ1n) is 6.84. The van der Waals surface area contributed by atoms with Gasteiger partial charge in [-0.15, -0.1) is 0 Å². The molecule has 3 rings (SSSR count). The Morgan fingerprint density at radius 3 is 2.18 bits per heavy atom. The standard InChI is InChI=1S/C15H21NO/c17-14-7-1-11(2-8-14)9-10-16-15(12-3-4-12)13-5-6-13/h1-2,7-8,12-13,15-17H,3-6,9-10H2. The molecule has 0 atom stereocenters. The SMILES string of the molecule is Oc1ccc(CCNC(C2CC2)C2CC2)cc1. The quantitative estimate of drug-likeness (QED) is 0.789. The lowest BCUT2D eigenvalue weighted by molar-refractivity contribution is 0.420. The van der Waals surface area contributed by atoms with Crippen molar-refractivity contribution in [2.75, 3.05) is 6.54 Å². The zero-order chi connectivity index (χ0) is 11.7. The number of benzene rings is 1. The third-order valence-electron chi connectivity index (χ3n) is 3.99. The fraction of sp³-hybridized carbons (Fsp3) is 0.600. The van der Waals surface area contributed by atoms with E-state index in [1.54, 1.807) is 12.1 Å². The minimum absolute atomic E-state index is 0.357. The molecule has 2 aliphatic rings. The number of phenols is 1. The van der Waals surface area contributed by atoms with E-state index in [9.17, 15) is 5.11 Å². The molecule has 0 spiro atoms. The molecule has 2 nitrogen and oxygen atoms in total. The van der Waals surface area contributed by atoms with Gasteiger partial charge in [0.05, 0.1) is 0 Å². The Hall–Kier alpha value is -1.02. The van der Waals surface area contributed by atoms with Crippen LogP contribution in [0.3, 0.4) is 0 Å². The van der Waals surface area contributed by atoms with E-state index in [-0.39, 0.29) is 0 Å². The number of rotatable bonds is 6. The number of hydrogen-bond donors (Lipinski definition) is 2. The number of phenolic OH excluding ortho intramolecular Hbond substituents is 1. The smallest absolute Gasteiger partial charge is 0.115 e. The Morgan fingerprint density at radius 2 is 1.65 bits per heavy atom. The fourth-order valence-electron chi connectivity index (χ4n) is 2.67. The summed E-state index contributed by atoms with van der Waals surface area (Å²) in [5, 5.41) is 13.0. The van der Waals surface area contributed by atoms with Crippen LogP contribution >= 0.6 is 0 Å². The molecule has 0 bridgehead atoms. The lowest BCUT2D eigenvalue weighted by Gasteiger charge is -2.17. The van der Waals surface area contributed by atoms with Crippen LogP contribution in [0.5, 0.6) is 5.75 Å². The van der Waals surface area contributed by atoms with E-state index in [4.69, 9.17) is 0 Å². The molecule has 0 radical (unpaired) electrons. The van der Waals surface area contributed by atoms with Gasteiger partial charge >= 0.3 is 0 Å². The van der Waals surface area contributed by atoms with Gasteiger partial charge in [0.15, 0.2) is 0 Å². The van der Waals surface area contributed by atoms with Crippen molar-refractivity contribution >= 4 is 0 Å². The highest BCUT2D eigenvalue weighted by atomic mass is 16.3. The number of aromatic hydroxyl groups is 1. The number of nitrogens with one attached hydrogen (secondary N) is 1. The molecular weight excluding hydrogens is 210 g/mol. The zero-order valence-electron chi connectivity index (χ0n) is 10.2. The van der Waals surface area contributed by atoms with E-state index in [0.717, 1.165) is 30.8 Å². The molecule has 0 amide bonds. The van der Waals surface area contributed by atoms with Crippen molar-refractivity contribution < 1.29 is 5.11 Å². The summed E-state index contributed by atoms with van der Waals surface area (Å²) in [6, 6.07) is 8.37. The van der Waals surface area contributed by atoms with Gasteiger partial charge in [0.1, 0.15) is 5.75 Å². The summed E-state index contributed by atoms with van der Waals surface area (Å²) in [5.41, 5.74) is 1.31. The lowest BCUT2D eigenvalue weighted by Crippen LogP contribution is -2.34. The minimum Gasteiger partial charge on any atom is -0.508 e.